The standard InChI is InChI=1S/C28H28N4O3/c1-31-24-10-7-21(28(34)35)17-23(24)25(27(31)33)26(20-11-13-29-14-12-20)30-22-8-5-19(6-9-22)18-32-15-3-2-4-16-32/h5-14,17,33H,2-4,15-16,18H2,1H3,(H,34,35). The number of aliphatic imine (C=N–C) groups is 1. The maximum Gasteiger partial charge on any atom is 0.335 e. The van der Waals surface area contributed by atoms with Gasteiger partial charge >= 0.3 is 5.97 Å². The molecule has 1 aliphatic rings. The van der Waals surface area contributed by atoms with E-state index in [-0.39, 0.29) is 11.4 Å². The Labute approximate surface area is 204 Å². The van der Waals surface area contributed by atoms with Crippen LogP contribution in [0.5, 0.6) is 5.88 Å². The molecule has 0 spiro atoms. The first-order valence-corrected chi connectivity index (χ1v) is 11.9. The number of carbonyl (C=O) groups is 1. The van der Waals surface area contributed by atoms with Crippen molar-refractivity contribution in [1.29, 1.82) is 0 Å². The second-order valence-corrected chi connectivity index (χ2v) is 8.99. The van der Waals surface area contributed by atoms with Gasteiger partial charge in [0.25, 0.3) is 0 Å². The Morgan fingerprint density at radius 3 is 2.37 bits per heavy atom. The van der Waals surface area contributed by atoms with Crippen molar-refractivity contribution in [1.82, 2.24) is 14.5 Å². The summed E-state index contributed by atoms with van der Waals surface area (Å²) < 4.78 is 1.65. The lowest BCUT2D eigenvalue weighted by Gasteiger charge is -2.26. The van der Waals surface area contributed by atoms with Crippen LogP contribution in [0.3, 0.4) is 0 Å². The molecular formula is C28H28N4O3. The number of benzene rings is 2. The van der Waals surface area contributed by atoms with E-state index in [9.17, 15) is 15.0 Å². The van der Waals surface area contributed by atoms with Crippen molar-refractivity contribution in [3.8, 4) is 5.88 Å². The molecule has 7 nitrogen and oxygen atoms in total. The maximum atomic E-state index is 11.6. The van der Waals surface area contributed by atoms with Crippen LogP contribution in [0.1, 0.15) is 46.3 Å². The predicted molar refractivity (Wildman–Crippen MR) is 137 cm³/mol. The van der Waals surface area contributed by atoms with Crippen molar-refractivity contribution in [3.05, 3.63) is 89.2 Å². The number of aromatic nitrogens is 2. The summed E-state index contributed by atoms with van der Waals surface area (Å²) in [5.41, 5.74) is 4.71. The smallest absolute Gasteiger partial charge is 0.335 e. The monoisotopic (exact) mass is 468 g/mol. The third-order valence-corrected chi connectivity index (χ3v) is 6.64. The number of carboxylic acids is 1. The molecule has 0 unspecified atom stereocenters. The van der Waals surface area contributed by atoms with Gasteiger partial charge in [0, 0.05) is 36.9 Å². The number of nitrogens with zero attached hydrogens (tertiary/aromatic N) is 4. The Kier molecular flexibility index (Phi) is 6.33. The number of aryl methyl sites for hydroxylation is 1. The predicted octanol–water partition coefficient (Wildman–Crippen LogP) is 5.13. The van der Waals surface area contributed by atoms with Gasteiger partial charge in [0.1, 0.15) is 0 Å². The topological polar surface area (TPSA) is 91.0 Å². The van der Waals surface area contributed by atoms with Crippen molar-refractivity contribution in [2.75, 3.05) is 13.1 Å². The summed E-state index contributed by atoms with van der Waals surface area (Å²) in [5.74, 6) is -0.993. The van der Waals surface area contributed by atoms with Gasteiger partial charge in [0.05, 0.1) is 28.0 Å². The minimum absolute atomic E-state index is 0.0276. The number of piperidine rings is 1. The summed E-state index contributed by atoms with van der Waals surface area (Å²) in [5, 5.41) is 21.3. The Hall–Kier alpha value is -3.97. The minimum Gasteiger partial charge on any atom is -0.494 e. The summed E-state index contributed by atoms with van der Waals surface area (Å²) in [4.78, 5) is 23.2. The van der Waals surface area contributed by atoms with Crippen LogP contribution in [-0.2, 0) is 13.6 Å². The zero-order valence-electron chi connectivity index (χ0n) is 19.7. The number of pyridine rings is 1. The molecule has 178 valence electrons. The van der Waals surface area contributed by atoms with Crippen molar-refractivity contribution >= 4 is 28.3 Å². The highest BCUT2D eigenvalue weighted by Gasteiger charge is 2.22. The summed E-state index contributed by atoms with van der Waals surface area (Å²) in [6.45, 7) is 3.22. The van der Waals surface area contributed by atoms with E-state index in [1.807, 2.05) is 24.3 Å². The van der Waals surface area contributed by atoms with Gasteiger partial charge in [-0.15, -0.1) is 0 Å². The van der Waals surface area contributed by atoms with Crippen LogP contribution >= 0.6 is 0 Å². The molecular weight excluding hydrogens is 440 g/mol. The van der Waals surface area contributed by atoms with Crippen LogP contribution in [0.15, 0.2) is 72.0 Å². The number of likely N-dealkylation sites (tertiary alicyclic amines) is 1. The summed E-state index contributed by atoms with van der Waals surface area (Å²) in [6, 6.07) is 16.7. The van der Waals surface area contributed by atoms with Crippen molar-refractivity contribution in [2.24, 2.45) is 12.0 Å². The van der Waals surface area contributed by atoms with Crippen LogP contribution in [0.2, 0.25) is 0 Å². The maximum absolute atomic E-state index is 11.6. The fourth-order valence-electron chi connectivity index (χ4n) is 4.75. The summed E-state index contributed by atoms with van der Waals surface area (Å²) >= 11 is 0. The summed E-state index contributed by atoms with van der Waals surface area (Å²) in [7, 11) is 1.75. The molecule has 0 bridgehead atoms. The number of aromatic carboxylic acids is 1. The van der Waals surface area contributed by atoms with Gasteiger partial charge in [-0.1, -0.05) is 18.6 Å². The van der Waals surface area contributed by atoms with E-state index in [4.69, 9.17) is 4.99 Å². The average Bonchev–Trinajstić information content (AvgIpc) is 3.14. The zero-order chi connectivity index (χ0) is 24.4. The normalized spacial score (nSPS) is 14.9. The molecule has 1 aliphatic heterocycles. The van der Waals surface area contributed by atoms with E-state index < -0.39 is 5.97 Å². The van der Waals surface area contributed by atoms with Crippen LogP contribution in [-0.4, -0.2) is 49.4 Å². The third kappa shape index (κ3) is 4.68. The molecule has 0 aliphatic carbocycles. The average molecular weight is 469 g/mol. The lowest BCUT2D eigenvalue weighted by Crippen LogP contribution is -2.28. The molecule has 2 aromatic carbocycles. The van der Waals surface area contributed by atoms with Crippen molar-refractivity contribution in [2.45, 2.75) is 25.8 Å². The Morgan fingerprint density at radius 1 is 0.971 bits per heavy atom. The molecule has 3 heterocycles. The molecule has 0 amide bonds. The van der Waals surface area contributed by atoms with Gasteiger partial charge in [-0.3, -0.25) is 9.88 Å². The first-order chi connectivity index (χ1) is 17.0. The Balaban J connectivity index is 1.59. The quantitative estimate of drug-likeness (QED) is 0.383. The highest BCUT2D eigenvalue weighted by molar-refractivity contribution is 6.22. The second kappa shape index (κ2) is 9.72. The number of rotatable bonds is 6. The Bertz CT molecular complexity index is 1390. The van der Waals surface area contributed by atoms with Crippen LogP contribution in [0, 0.1) is 0 Å². The Morgan fingerprint density at radius 2 is 1.69 bits per heavy atom. The first kappa shape index (κ1) is 22.8. The molecule has 2 N–H and O–H groups in total. The lowest BCUT2D eigenvalue weighted by molar-refractivity contribution is 0.0697. The largest absolute Gasteiger partial charge is 0.494 e. The lowest BCUT2D eigenvalue weighted by atomic mass is 10.0. The van der Waals surface area contributed by atoms with E-state index in [0.29, 0.717) is 16.7 Å². The van der Waals surface area contributed by atoms with Crippen LogP contribution in [0.4, 0.5) is 5.69 Å². The van der Waals surface area contributed by atoms with Gasteiger partial charge in [0.2, 0.25) is 5.88 Å². The molecule has 35 heavy (non-hydrogen) atoms. The number of hydrogen-bond acceptors (Lipinski definition) is 5. The molecule has 0 radical (unpaired) electrons. The van der Waals surface area contributed by atoms with Crippen molar-refractivity contribution < 1.29 is 15.0 Å². The summed E-state index contributed by atoms with van der Waals surface area (Å²) in [6.07, 6.45) is 7.19. The van der Waals surface area contributed by atoms with E-state index in [0.717, 1.165) is 36.4 Å². The van der Waals surface area contributed by atoms with Gasteiger partial charge in [-0.2, -0.15) is 0 Å². The van der Waals surface area contributed by atoms with E-state index >= 15 is 0 Å². The SMILES string of the molecule is Cn1c(O)c(C(=Nc2ccc(CN3CCCCC3)cc2)c2ccncc2)c2cc(C(=O)O)ccc21. The zero-order valence-corrected chi connectivity index (χ0v) is 19.7. The molecule has 1 saturated heterocycles. The van der Waals surface area contributed by atoms with Gasteiger partial charge in [-0.05, 0) is 74.0 Å². The second-order valence-electron chi connectivity index (χ2n) is 8.99. The molecule has 0 saturated carbocycles. The van der Waals surface area contributed by atoms with Gasteiger partial charge < -0.3 is 14.8 Å². The number of aromatic hydroxyl groups is 1. The molecule has 5 rings (SSSR count). The van der Waals surface area contributed by atoms with Crippen LogP contribution in [0.25, 0.3) is 10.9 Å². The molecule has 0 atom stereocenters. The number of hydrogen-bond donors (Lipinski definition) is 2. The van der Waals surface area contributed by atoms with Crippen molar-refractivity contribution in [3.63, 3.8) is 0 Å². The first-order valence-electron chi connectivity index (χ1n) is 11.9. The van der Waals surface area contributed by atoms with E-state index in [1.54, 1.807) is 36.1 Å². The molecule has 1 fully saturated rings. The molecule has 7 heteroatoms. The van der Waals surface area contributed by atoms with E-state index in [1.165, 1.54) is 30.9 Å². The van der Waals surface area contributed by atoms with Crippen LogP contribution < -0.4 is 0 Å². The minimum atomic E-state index is -1.02. The highest BCUT2D eigenvalue weighted by atomic mass is 16.4. The fourth-order valence-corrected chi connectivity index (χ4v) is 4.75. The van der Waals surface area contributed by atoms with Gasteiger partial charge in [-0.25, -0.2) is 9.79 Å². The number of fused-ring (bicyclic) bond motifs is 1. The van der Waals surface area contributed by atoms with Gasteiger partial charge in [0.15, 0.2) is 0 Å². The highest BCUT2D eigenvalue weighted by Crippen LogP contribution is 2.34. The number of carboxylic acid groups (broad SMARTS) is 1. The molecule has 4 aromatic rings. The third-order valence-electron chi connectivity index (χ3n) is 6.64. The van der Waals surface area contributed by atoms with E-state index in [2.05, 4.69) is 22.0 Å². The fraction of sp³-hybridized carbons (Fsp3) is 0.250. The molecule has 2 aromatic heterocycles.